The first-order valence-electron chi connectivity index (χ1n) is 4.27. The van der Waals surface area contributed by atoms with Gasteiger partial charge < -0.3 is 15.6 Å². The van der Waals surface area contributed by atoms with Crippen molar-refractivity contribution in [3.05, 3.63) is 23.8 Å². The zero-order valence-electron chi connectivity index (χ0n) is 8.28. The van der Waals surface area contributed by atoms with Gasteiger partial charge in [-0.1, -0.05) is 11.8 Å². The Hall–Kier alpha value is -2.15. The molecule has 4 nitrogen and oxygen atoms in total. The Bertz CT molecular complexity index is 429. The van der Waals surface area contributed by atoms with Crippen molar-refractivity contribution in [2.24, 2.45) is 5.73 Å². The summed E-state index contributed by atoms with van der Waals surface area (Å²) in [7, 11) is 1.47. The highest BCUT2D eigenvalue weighted by Gasteiger charge is 1.99. The molecule has 0 spiro atoms. The zero-order chi connectivity index (χ0) is 11.3. The molecule has 1 amide bonds. The predicted molar refractivity (Wildman–Crippen MR) is 55.3 cm³/mol. The largest absolute Gasteiger partial charge is 0.504 e. The number of methoxy groups -OCH3 is 1. The fourth-order valence-electron chi connectivity index (χ4n) is 1.00. The summed E-state index contributed by atoms with van der Waals surface area (Å²) in [6.45, 7) is 0. The summed E-state index contributed by atoms with van der Waals surface area (Å²) in [6.07, 6.45) is 0.00674. The van der Waals surface area contributed by atoms with Gasteiger partial charge in [-0.2, -0.15) is 0 Å². The lowest BCUT2D eigenvalue weighted by atomic mass is 10.2. The van der Waals surface area contributed by atoms with Crippen LogP contribution < -0.4 is 10.5 Å². The normalized spacial score (nSPS) is 8.87. The van der Waals surface area contributed by atoms with Gasteiger partial charge in [0.1, 0.15) is 0 Å². The predicted octanol–water partition coefficient (Wildman–Crippen LogP) is 0.628. The molecule has 0 bridgehead atoms. The lowest BCUT2D eigenvalue weighted by Gasteiger charge is -2.01. The summed E-state index contributed by atoms with van der Waals surface area (Å²) in [5, 5.41) is 9.42. The summed E-state index contributed by atoms with van der Waals surface area (Å²) < 4.78 is 4.87. The molecule has 0 radical (unpaired) electrons. The van der Waals surface area contributed by atoms with E-state index in [1.54, 1.807) is 12.1 Å². The summed E-state index contributed by atoms with van der Waals surface area (Å²) in [5.41, 5.74) is 5.53. The number of phenols is 1. The average molecular weight is 205 g/mol. The number of amides is 1. The van der Waals surface area contributed by atoms with Crippen molar-refractivity contribution in [3.8, 4) is 23.3 Å². The van der Waals surface area contributed by atoms with Gasteiger partial charge in [-0.3, -0.25) is 4.79 Å². The van der Waals surface area contributed by atoms with Crippen LogP contribution in [0.5, 0.6) is 11.5 Å². The van der Waals surface area contributed by atoms with E-state index >= 15 is 0 Å². The van der Waals surface area contributed by atoms with Gasteiger partial charge in [0, 0.05) is 5.56 Å². The number of hydrogen-bond donors (Lipinski definition) is 2. The molecule has 0 aromatic heterocycles. The molecule has 0 saturated heterocycles. The Morgan fingerprint density at radius 3 is 2.87 bits per heavy atom. The van der Waals surface area contributed by atoms with Crippen molar-refractivity contribution < 1.29 is 14.6 Å². The maximum atomic E-state index is 10.4. The van der Waals surface area contributed by atoms with Crippen LogP contribution in [-0.4, -0.2) is 18.1 Å². The van der Waals surface area contributed by atoms with Crippen LogP contribution in [0.2, 0.25) is 0 Å². The number of phenolic OH excluding ortho intramolecular Hbond substituents is 1. The van der Waals surface area contributed by atoms with Crippen LogP contribution in [-0.2, 0) is 4.79 Å². The number of carbonyl (C=O) groups is 1. The fourth-order valence-corrected chi connectivity index (χ4v) is 1.00. The van der Waals surface area contributed by atoms with Gasteiger partial charge in [0.15, 0.2) is 11.5 Å². The third kappa shape index (κ3) is 3.24. The highest BCUT2D eigenvalue weighted by atomic mass is 16.5. The topological polar surface area (TPSA) is 72.5 Å². The molecule has 0 aliphatic rings. The summed E-state index contributed by atoms with van der Waals surface area (Å²) in [6, 6.07) is 4.75. The second-order valence-corrected chi connectivity index (χ2v) is 2.83. The molecule has 0 atom stereocenters. The van der Waals surface area contributed by atoms with E-state index in [1.807, 2.05) is 0 Å². The number of carbonyl (C=O) groups excluding carboxylic acids is 1. The molecule has 3 N–H and O–H groups in total. The Morgan fingerprint density at radius 1 is 1.60 bits per heavy atom. The van der Waals surface area contributed by atoms with E-state index in [0.717, 1.165) is 0 Å². The van der Waals surface area contributed by atoms with Crippen LogP contribution in [0, 0.1) is 11.8 Å². The minimum Gasteiger partial charge on any atom is -0.504 e. The number of ether oxygens (including phenoxy) is 1. The van der Waals surface area contributed by atoms with Crippen LogP contribution in [0.15, 0.2) is 18.2 Å². The first-order chi connectivity index (χ1) is 7.13. The Balaban J connectivity index is 2.82. The molecule has 1 rings (SSSR count). The third-order valence-corrected chi connectivity index (χ3v) is 1.67. The van der Waals surface area contributed by atoms with Crippen molar-refractivity contribution in [2.75, 3.05) is 7.11 Å². The molecular weight excluding hydrogens is 194 g/mol. The standard InChI is InChI=1S/C11H11NO3/c1-15-10-6-5-8(7-9(10)13)3-2-4-11(12)14/h5-7,13H,4H2,1H3,(H2,12,14). The van der Waals surface area contributed by atoms with Gasteiger partial charge in [-0.05, 0) is 18.2 Å². The van der Waals surface area contributed by atoms with Gasteiger partial charge in [-0.25, -0.2) is 0 Å². The van der Waals surface area contributed by atoms with E-state index in [-0.39, 0.29) is 12.2 Å². The maximum Gasteiger partial charge on any atom is 0.229 e. The Kier molecular flexibility index (Phi) is 3.58. The summed E-state index contributed by atoms with van der Waals surface area (Å²) in [4.78, 5) is 10.4. The Labute approximate surface area is 87.7 Å². The second kappa shape index (κ2) is 4.91. The van der Waals surface area contributed by atoms with Crippen molar-refractivity contribution in [3.63, 3.8) is 0 Å². The van der Waals surface area contributed by atoms with Gasteiger partial charge in [0.2, 0.25) is 5.91 Å². The van der Waals surface area contributed by atoms with E-state index in [0.29, 0.717) is 11.3 Å². The quantitative estimate of drug-likeness (QED) is 0.695. The number of benzene rings is 1. The molecule has 1 aromatic carbocycles. The maximum absolute atomic E-state index is 10.4. The van der Waals surface area contributed by atoms with Crippen molar-refractivity contribution in [1.29, 1.82) is 0 Å². The smallest absolute Gasteiger partial charge is 0.229 e. The van der Waals surface area contributed by atoms with E-state index in [4.69, 9.17) is 10.5 Å². The minimum atomic E-state index is -0.472. The second-order valence-electron chi connectivity index (χ2n) is 2.83. The zero-order valence-corrected chi connectivity index (χ0v) is 8.28. The first-order valence-corrected chi connectivity index (χ1v) is 4.27. The number of nitrogens with two attached hydrogens (primary N) is 1. The minimum absolute atomic E-state index is 0.00674. The molecule has 15 heavy (non-hydrogen) atoms. The average Bonchev–Trinajstić information content (AvgIpc) is 2.17. The van der Waals surface area contributed by atoms with Crippen LogP contribution in [0.4, 0.5) is 0 Å². The van der Waals surface area contributed by atoms with Gasteiger partial charge in [-0.15, -0.1) is 0 Å². The molecule has 0 saturated carbocycles. The molecule has 0 fully saturated rings. The van der Waals surface area contributed by atoms with E-state index in [2.05, 4.69) is 11.8 Å². The van der Waals surface area contributed by atoms with Gasteiger partial charge >= 0.3 is 0 Å². The molecule has 0 aliphatic heterocycles. The Morgan fingerprint density at radius 2 is 2.33 bits per heavy atom. The number of rotatable bonds is 2. The van der Waals surface area contributed by atoms with E-state index < -0.39 is 5.91 Å². The molecule has 0 aliphatic carbocycles. The van der Waals surface area contributed by atoms with E-state index in [9.17, 15) is 9.90 Å². The fraction of sp³-hybridized carbons (Fsp3) is 0.182. The van der Waals surface area contributed by atoms with Crippen LogP contribution in [0.3, 0.4) is 0 Å². The SMILES string of the molecule is COc1ccc(C#CCC(N)=O)cc1O. The first kappa shape index (κ1) is 10.9. The van der Waals surface area contributed by atoms with Crippen molar-refractivity contribution >= 4 is 5.91 Å². The van der Waals surface area contributed by atoms with Gasteiger partial charge in [0.25, 0.3) is 0 Å². The highest BCUT2D eigenvalue weighted by molar-refractivity contribution is 5.76. The molecule has 78 valence electrons. The third-order valence-electron chi connectivity index (χ3n) is 1.67. The van der Waals surface area contributed by atoms with E-state index in [1.165, 1.54) is 13.2 Å². The summed E-state index contributed by atoms with van der Waals surface area (Å²) in [5.74, 6) is 5.22. The van der Waals surface area contributed by atoms with Crippen LogP contribution >= 0.6 is 0 Å². The van der Waals surface area contributed by atoms with Crippen LogP contribution in [0.1, 0.15) is 12.0 Å². The summed E-state index contributed by atoms with van der Waals surface area (Å²) >= 11 is 0. The van der Waals surface area contributed by atoms with Gasteiger partial charge in [0.05, 0.1) is 13.5 Å². The molecule has 0 heterocycles. The van der Waals surface area contributed by atoms with Crippen LogP contribution in [0.25, 0.3) is 0 Å². The molecular formula is C11H11NO3. The number of aromatic hydroxyl groups is 1. The monoisotopic (exact) mass is 205 g/mol. The lowest BCUT2D eigenvalue weighted by molar-refractivity contribution is -0.117. The highest BCUT2D eigenvalue weighted by Crippen LogP contribution is 2.25. The molecule has 4 heteroatoms. The number of primary amides is 1. The lowest BCUT2D eigenvalue weighted by Crippen LogP contribution is -2.08. The molecule has 0 unspecified atom stereocenters. The molecule has 1 aromatic rings. The van der Waals surface area contributed by atoms with Crippen molar-refractivity contribution in [2.45, 2.75) is 6.42 Å². The van der Waals surface area contributed by atoms with Crippen molar-refractivity contribution in [1.82, 2.24) is 0 Å². The number of hydrogen-bond acceptors (Lipinski definition) is 3.